The second kappa shape index (κ2) is 6.22. The number of hydrogen-bond donors (Lipinski definition) is 1. The van der Waals surface area contributed by atoms with Crippen LogP contribution >= 0.6 is 15.9 Å². The molecule has 19 heavy (non-hydrogen) atoms. The van der Waals surface area contributed by atoms with Gasteiger partial charge in [0.2, 0.25) is 0 Å². The van der Waals surface area contributed by atoms with Crippen molar-refractivity contribution in [2.75, 3.05) is 7.05 Å². The van der Waals surface area contributed by atoms with Crippen LogP contribution in [0.15, 0.2) is 40.9 Å². The van der Waals surface area contributed by atoms with Crippen LogP contribution in [0.3, 0.4) is 0 Å². The lowest BCUT2D eigenvalue weighted by atomic mass is 10.1. The zero-order valence-corrected chi connectivity index (χ0v) is 13.0. The highest BCUT2D eigenvalue weighted by Crippen LogP contribution is 2.29. The highest BCUT2D eigenvalue weighted by Gasteiger charge is 2.04. The van der Waals surface area contributed by atoms with Crippen LogP contribution in [-0.2, 0) is 6.54 Å². The van der Waals surface area contributed by atoms with Gasteiger partial charge >= 0.3 is 0 Å². The smallest absolute Gasteiger partial charge is 0.128 e. The Morgan fingerprint density at radius 2 is 1.74 bits per heavy atom. The normalized spacial score (nSPS) is 10.5. The minimum absolute atomic E-state index is 0.843. The Hall–Kier alpha value is -1.32. The summed E-state index contributed by atoms with van der Waals surface area (Å²) in [5, 5.41) is 3.14. The molecule has 0 fully saturated rings. The highest BCUT2D eigenvalue weighted by atomic mass is 79.9. The van der Waals surface area contributed by atoms with Crippen molar-refractivity contribution in [2.24, 2.45) is 0 Å². The Bertz CT molecular complexity index is 558. The lowest BCUT2D eigenvalue weighted by molar-refractivity contribution is 0.481. The van der Waals surface area contributed by atoms with Gasteiger partial charge in [0.1, 0.15) is 11.5 Å². The first-order chi connectivity index (χ1) is 9.10. The zero-order valence-electron chi connectivity index (χ0n) is 11.5. The summed E-state index contributed by atoms with van der Waals surface area (Å²) in [6.45, 7) is 4.98. The Labute approximate surface area is 122 Å². The summed E-state index contributed by atoms with van der Waals surface area (Å²) in [5.74, 6) is 1.74. The second-order valence-corrected chi connectivity index (χ2v) is 5.44. The van der Waals surface area contributed by atoms with Crippen molar-refractivity contribution in [2.45, 2.75) is 20.4 Å². The predicted octanol–water partition coefficient (Wildman–Crippen LogP) is 4.58. The van der Waals surface area contributed by atoms with E-state index < -0.39 is 0 Å². The Morgan fingerprint density at radius 3 is 2.37 bits per heavy atom. The first kappa shape index (κ1) is 14.1. The molecule has 1 N–H and O–H groups in total. The predicted molar refractivity (Wildman–Crippen MR) is 82.9 cm³/mol. The molecule has 100 valence electrons. The molecular weight excluding hydrogens is 302 g/mol. The van der Waals surface area contributed by atoms with Gasteiger partial charge in [-0.3, -0.25) is 0 Å². The molecule has 0 aliphatic carbocycles. The maximum absolute atomic E-state index is 5.93. The number of nitrogens with one attached hydrogen (secondary N) is 1. The van der Waals surface area contributed by atoms with Gasteiger partial charge in [-0.2, -0.15) is 0 Å². The molecule has 0 saturated carbocycles. The van der Waals surface area contributed by atoms with E-state index in [9.17, 15) is 0 Å². The van der Waals surface area contributed by atoms with Crippen molar-refractivity contribution in [1.82, 2.24) is 5.32 Å². The summed E-state index contributed by atoms with van der Waals surface area (Å²) in [7, 11) is 1.94. The molecule has 0 radical (unpaired) electrons. The zero-order chi connectivity index (χ0) is 13.8. The molecule has 0 aromatic heterocycles. The molecule has 0 bridgehead atoms. The molecule has 0 spiro atoms. The molecule has 2 rings (SSSR count). The Morgan fingerprint density at radius 1 is 1.05 bits per heavy atom. The number of halogens is 1. The monoisotopic (exact) mass is 319 g/mol. The molecule has 0 heterocycles. The van der Waals surface area contributed by atoms with Gasteiger partial charge in [0.25, 0.3) is 0 Å². The largest absolute Gasteiger partial charge is 0.457 e. The lowest BCUT2D eigenvalue weighted by Gasteiger charge is -2.11. The molecule has 2 nitrogen and oxygen atoms in total. The van der Waals surface area contributed by atoms with Crippen molar-refractivity contribution in [3.8, 4) is 11.5 Å². The van der Waals surface area contributed by atoms with Crippen molar-refractivity contribution in [1.29, 1.82) is 0 Å². The molecule has 0 unspecified atom stereocenters. The molecule has 0 aliphatic heterocycles. The third-order valence-corrected chi connectivity index (χ3v) is 4.18. The SMILES string of the molecule is CNCc1cccc(Oc2cc(C)c(Br)c(C)c2)c1. The number of hydrogen-bond acceptors (Lipinski definition) is 2. The van der Waals surface area contributed by atoms with E-state index >= 15 is 0 Å². The minimum Gasteiger partial charge on any atom is -0.457 e. The van der Waals surface area contributed by atoms with Gasteiger partial charge < -0.3 is 10.1 Å². The van der Waals surface area contributed by atoms with Gasteiger partial charge in [0.15, 0.2) is 0 Å². The van der Waals surface area contributed by atoms with E-state index in [2.05, 4.69) is 47.2 Å². The van der Waals surface area contributed by atoms with Crippen LogP contribution in [0.4, 0.5) is 0 Å². The maximum Gasteiger partial charge on any atom is 0.128 e. The third-order valence-electron chi connectivity index (χ3n) is 2.93. The number of benzene rings is 2. The first-order valence-electron chi connectivity index (χ1n) is 6.28. The van der Waals surface area contributed by atoms with Gasteiger partial charge in [-0.1, -0.05) is 28.1 Å². The second-order valence-electron chi connectivity index (χ2n) is 4.65. The van der Waals surface area contributed by atoms with Crippen LogP contribution in [0.1, 0.15) is 16.7 Å². The van der Waals surface area contributed by atoms with Gasteiger partial charge in [-0.05, 0) is 61.9 Å². The van der Waals surface area contributed by atoms with Crippen LogP contribution in [0.25, 0.3) is 0 Å². The van der Waals surface area contributed by atoms with Crippen LogP contribution in [0.5, 0.6) is 11.5 Å². The van der Waals surface area contributed by atoms with E-state index in [4.69, 9.17) is 4.74 Å². The van der Waals surface area contributed by atoms with E-state index in [0.717, 1.165) is 22.5 Å². The molecule has 3 heteroatoms. The fourth-order valence-electron chi connectivity index (χ4n) is 2.02. The number of aryl methyl sites for hydroxylation is 2. The van der Waals surface area contributed by atoms with E-state index in [1.54, 1.807) is 0 Å². The van der Waals surface area contributed by atoms with Crippen LogP contribution < -0.4 is 10.1 Å². The number of ether oxygens (including phenoxy) is 1. The van der Waals surface area contributed by atoms with Crippen molar-refractivity contribution < 1.29 is 4.74 Å². The highest BCUT2D eigenvalue weighted by molar-refractivity contribution is 9.10. The lowest BCUT2D eigenvalue weighted by Crippen LogP contribution is -2.04. The Kier molecular flexibility index (Phi) is 4.61. The average Bonchev–Trinajstić information content (AvgIpc) is 2.37. The van der Waals surface area contributed by atoms with Crippen LogP contribution in [-0.4, -0.2) is 7.05 Å². The minimum atomic E-state index is 0.843. The molecule has 0 aliphatic rings. The quantitative estimate of drug-likeness (QED) is 0.890. The molecule has 0 amide bonds. The number of rotatable bonds is 4. The summed E-state index contributed by atoms with van der Waals surface area (Å²) in [6, 6.07) is 12.2. The summed E-state index contributed by atoms with van der Waals surface area (Å²) in [4.78, 5) is 0. The van der Waals surface area contributed by atoms with Gasteiger partial charge in [0, 0.05) is 11.0 Å². The summed E-state index contributed by atoms with van der Waals surface area (Å²) in [6.07, 6.45) is 0. The molecule has 0 atom stereocenters. The van der Waals surface area contributed by atoms with Crippen molar-refractivity contribution in [3.05, 3.63) is 57.6 Å². The standard InChI is InChI=1S/C16H18BrNO/c1-11-7-15(8-12(2)16(11)17)19-14-6-4-5-13(9-14)10-18-3/h4-9,18H,10H2,1-3H3. The fourth-order valence-corrected chi connectivity index (χ4v) is 2.25. The van der Waals surface area contributed by atoms with E-state index in [0.29, 0.717) is 0 Å². The molecule has 2 aromatic carbocycles. The maximum atomic E-state index is 5.93. The summed E-state index contributed by atoms with van der Waals surface area (Å²) in [5.41, 5.74) is 3.58. The van der Waals surface area contributed by atoms with Crippen LogP contribution in [0.2, 0.25) is 0 Å². The van der Waals surface area contributed by atoms with Gasteiger partial charge in [-0.15, -0.1) is 0 Å². The molecule has 0 saturated heterocycles. The topological polar surface area (TPSA) is 21.3 Å². The first-order valence-corrected chi connectivity index (χ1v) is 7.07. The van der Waals surface area contributed by atoms with Crippen LogP contribution in [0, 0.1) is 13.8 Å². The van der Waals surface area contributed by atoms with E-state index in [1.807, 2.05) is 31.3 Å². The third kappa shape index (κ3) is 3.58. The fraction of sp³-hybridized carbons (Fsp3) is 0.250. The van der Waals surface area contributed by atoms with Gasteiger partial charge in [-0.25, -0.2) is 0 Å². The summed E-state index contributed by atoms with van der Waals surface area (Å²) >= 11 is 3.57. The summed E-state index contributed by atoms with van der Waals surface area (Å²) < 4.78 is 7.08. The molecular formula is C16H18BrNO. The molecule has 2 aromatic rings. The van der Waals surface area contributed by atoms with E-state index in [-0.39, 0.29) is 0 Å². The van der Waals surface area contributed by atoms with Crippen molar-refractivity contribution >= 4 is 15.9 Å². The Balaban J connectivity index is 2.23. The van der Waals surface area contributed by atoms with E-state index in [1.165, 1.54) is 16.7 Å². The average molecular weight is 320 g/mol. The van der Waals surface area contributed by atoms with Gasteiger partial charge in [0.05, 0.1) is 0 Å². The van der Waals surface area contributed by atoms with Crippen molar-refractivity contribution in [3.63, 3.8) is 0 Å².